The van der Waals surface area contributed by atoms with Gasteiger partial charge in [-0.15, -0.1) is 0 Å². The van der Waals surface area contributed by atoms with Crippen LogP contribution in [0.15, 0.2) is 39.3 Å². The van der Waals surface area contributed by atoms with Gasteiger partial charge in [-0.2, -0.15) is 4.98 Å². The lowest BCUT2D eigenvalue weighted by atomic mass is 10.2. The fourth-order valence-corrected chi connectivity index (χ4v) is 2.10. The van der Waals surface area contributed by atoms with E-state index in [1.165, 1.54) is 0 Å². The molecule has 22 heavy (non-hydrogen) atoms. The highest BCUT2D eigenvalue weighted by molar-refractivity contribution is 5.58. The third-order valence-electron chi connectivity index (χ3n) is 3.46. The van der Waals surface area contributed by atoms with E-state index in [9.17, 15) is 0 Å². The molecule has 0 aliphatic carbocycles. The maximum absolute atomic E-state index is 5.81. The van der Waals surface area contributed by atoms with E-state index in [0.29, 0.717) is 29.8 Å². The van der Waals surface area contributed by atoms with Crippen molar-refractivity contribution in [1.82, 2.24) is 20.4 Å². The zero-order valence-corrected chi connectivity index (χ0v) is 12.8. The quantitative estimate of drug-likeness (QED) is 0.780. The zero-order valence-electron chi connectivity index (χ0n) is 12.8. The lowest BCUT2D eigenvalue weighted by Gasteiger charge is -2.04. The second-order valence-electron chi connectivity index (χ2n) is 5.21. The van der Waals surface area contributed by atoms with E-state index in [-0.39, 0.29) is 6.04 Å². The number of nitrogens with one attached hydrogen (secondary N) is 1. The fourth-order valence-electron chi connectivity index (χ4n) is 2.10. The van der Waals surface area contributed by atoms with Crippen LogP contribution in [0.1, 0.15) is 18.4 Å². The number of likely N-dealkylation sites (N-methyl/N-ethyl adjacent to an activating group) is 1. The summed E-state index contributed by atoms with van der Waals surface area (Å²) in [6.45, 7) is 3.93. The lowest BCUT2D eigenvalue weighted by molar-refractivity contribution is 0.406. The molecule has 2 heterocycles. The Morgan fingerprint density at radius 3 is 2.64 bits per heavy atom. The van der Waals surface area contributed by atoms with Crippen LogP contribution in [0.25, 0.3) is 23.1 Å². The van der Waals surface area contributed by atoms with Gasteiger partial charge in [-0.3, -0.25) is 0 Å². The molecule has 1 N–H and O–H groups in total. The van der Waals surface area contributed by atoms with Crippen LogP contribution in [0.3, 0.4) is 0 Å². The molecule has 3 aromatic rings. The number of benzene rings is 1. The van der Waals surface area contributed by atoms with Crippen LogP contribution in [0.2, 0.25) is 0 Å². The minimum Gasteiger partial charge on any atom is -0.431 e. The smallest absolute Gasteiger partial charge is 0.295 e. The second-order valence-corrected chi connectivity index (χ2v) is 5.21. The average Bonchev–Trinajstić information content (AvgIpc) is 3.14. The van der Waals surface area contributed by atoms with Gasteiger partial charge in [0.1, 0.15) is 0 Å². The molecule has 2 aromatic heterocycles. The molecule has 0 aliphatic heterocycles. The summed E-state index contributed by atoms with van der Waals surface area (Å²) in [6, 6.07) is 10.0. The number of oxazole rings is 1. The Labute approximate surface area is 128 Å². The van der Waals surface area contributed by atoms with E-state index in [4.69, 9.17) is 8.94 Å². The summed E-state index contributed by atoms with van der Waals surface area (Å²) in [5.41, 5.74) is 1.65. The van der Waals surface area contributed by atoms with Crippen molar-refractivity contribution in [2.75, 3.05) is 7.05 Å². The summed E-state index contributed by atoms with van der Waals surface area (Å²) in [4.78, 5) is 8.82. The van der Waals surface area contributed by atoms with Gasteiger partial charge in [-0.25, -0.2) is 4.98 Å². The topological polar surface area (TPSA) is 77.0 Å². The van der Waals surface area contributed by atoms with Gasteiger partial charge in [0.05, 0.1) is 5.69 Å². The monoisotopic (exact) mass is 298 g/mol. The maximum atomic E-state index is 5.81. The van der Waals surface area contributed by atoms with Crippen LogP contribution in [0.4, 0.5) is 0 Å². The van der Waals surface area contributed by atoms with Crippen LogP contribution in [-0.4, -0.2) is 28.2 Å². The number of aryl methyl sites for hydroxylation is 1. The highest BCUT2D eigenvalue weighted by Crippen LogP contribution is 2.28. The van der Waals surface area contributed by atoms with Gasteiger partial charge in [0.15, 0.2) is 5.82 Å². The van der Waals surface area contributed by atoms with Crippen molar-refractivity contribution in [3.8, 4) is 23.1 Å². The number of hydrogen-bond acceptors (Lipinski definition) is 6. The predicted octanol–water partition coefficient (Wildman–Crippen LogP) is 2.85. The van der Waals surface area contributed by atoms with Crippen molar-refractivity contribution < 1.29 is 8.94 Å². The van der Waals surface area contributed by atoms with Crippen molar-refractivity contribution in [1.29, 1.82) is 0 Å². The molecule has 0 radical (unpaired) electrons. The van der Waals surface area contributed by atoms with Gasteiger partial charge < -0.3 is 14.3 Å². The van der Waals surface area contributed by atoms with Crippen LogP contribution in [0.5, 0.6) is 0 Å². The highest BCUT2D eigenvalue weighted by atomic mass is 16.5. The molecule has 0 amide bonds. The molecule has 0 aliphatic rings. The first-order valence-corrected chi connectivity index (χ1v) is 7.20. The number of nitrogens with zero attached hydrogens (tertiary/aromatic N) is 3. The third-order valence-corrected chi connectivity index (χ3v) is 3.46. The largest absolute Gasteiger partial charge is 0.431 e. The van der Waals surface area contributed by atoms with Crippen LogP contribution in [0, 0.1) is 6.92 Å². The van der Waals surface area contributed by atoms with Gasteiger partial charge in [0.2, 0.25) is 11.7 Å². The average molecular weight is 298 g/mol. The van der Waals surface area contributed by atoms with Gasteiger partial charge in [-0.1, -0.05) is 23.4 Å². The predicted molar refractivity (Wildman–Crippen MR) is 82.2 cm³/mol. The Kier molecular flexibility index (Phi) is 4.02. The van der Waals surface area contributed by atoms with E-state index < -0.39 is 0 Å². The van der Waals surface area contributed by atoms with Crippen LogP contribution >= 0.6 is 0 Å². The Bertz CT molecular complexity index is 749. The summed E-state index contributed by atoms with van der Waals surface area (Å²) in [5.74, 6) is 2.09. The van der Waals surface area contributed by atoms with E-state index >= 15 is 0 Å². The number of hydrogen-bond donors (Lipinski definition) is 1. The zero-order chi connectivity index (χ0) is 15.5. The lowest BCUT2D eigenvalue weighted by Crippen LogP contribution is -2.24. The SMILES string of the molecule is CNC(C)Cc1noc(-c2oc(-c3ccccc3)nc2C)n1. The van der Waals surface area contributed by atoms with Crippen molar-refractivity contribution >= 4 is 0 Å². The Hall–Kier alpha value is -2.47. The molecule has 0 saturated carbocycles. The molecule has 0 spiro atoms. The molecule has 1 atom stereocenters. The minimum atomic E-state index is 0.279. The maximum Gasteiger partial charge on any atom is 0.295 e. The molecule has 1 aromatic carbocycles. The van der Waals surface area contributed by atoms with E-state index in [2.05, 4.69) is 27.4 Å². The molecule has 1 unspecified atom stereocenters. The first kappa shape index (κ1) is 14.5. The summed E-state index contributed by atoms with van der Waals surface area (Å²) in [7, 11) is 1.90. The highest BCUT2D eigenvalue weighted by Gasteiger charge is 2.19. The van der Waals surface area contributed by atoms with E-state index in [0.717, 1.165) is 11.3 Å². The summed E-state index contributed by atoms with van der Waals surface area (Å²) < 4.78 is 11.1. The third kappa shape index (κ3) is 2.92. The molecule has 0 bridgehead atoms. The molecular formula is C16H18N4O2. The Morgan fingerprint density at radius 1 is 1.14 bits per heavy atom. The van der Waals surface area contributed by atoms with Gasteiger partial charge in [0.25, 0.3) is 5.89 Å². The van der Waals surface area contributed by atoms with E-state index in [1.54, 1.807) is 0 Å². The summed E-state index contributed by atoms with van der Waals surface area (Å²) in [6.07, 6.45) is 0.693. The second kappa shape index (κ2) is 6.11. The molecule has 0 fully saturated rings. The van der Waals surface area contributed by atoms with E-state index in [1.807, 2.05) is 44.3 Å². The van der Waals surface area contributed by atoms with Crippen molar-refractivity contribution in [2.24, 2.45) is 0 Å². The summed E-state index contributed by atoms with van der Waals surface area (Å²) in [5, 5.41) is 7.13. The fraction of sp³-hybridized carbons (Fsp3) is 0.312. The molecule has 0 saturated heterocycles. The summed E-state index contributed by atoms with van der Waals surface area (Å²) >= 11 is 0. The first-order valence-electron chi connectivity index (χ1n) is 7.20. The van der Waals surface area contributed by atoms with Gasteiger partial charge in [0, 0.05) is 18.0 Å². The van der Waals surface area contributed by atoms with Crippen molar-refractivity contribution in [3.05, 3.63) is 41.9 Å². The number of aromatic nitrogens is 3. The number of rotatable bonds is 5. The van der Waals surface area contributed by atoms with Gasteiger partial charge in [-0.05, 0) is 33.0 Å². The molecule has 6 nitrogen and oxygen atoms in total. The Balaban J connectivity index is 1.88. The standard InChI is InChI=1S/C16H18N4O2/c1-10(17-3)9-13-19-16(22-20-13)14-11(2)18-15(21-14)12-7-5-4-6-8-12/h4-8,10,17H,9H2,1-3H3. The molecule has 114 valence electrons. The normalized spacial score (nSPS) is 12.5. The minimum absolute atomic E-state index is 0.279. The van der Waals surface area contributed by atoms with Crippen molar-refractivity contribution in [3.63, 3.8) is 0 Å². The van der Waals surface area contributed by atoms with Crippen molar-refractivity contribution in [2.45, 2.75) is 26.3 Å². The Morgan fingerprint density at radius 2 is 1.91 bits per heavy atom. The first-order chi connectivity index (χ1) is 10.7. The molecular weight excluding hydrogens is 280 g/mol. The van der Waals surface area contributed by atoms with Crippen LogP contribution in [-0.2, 0) is 6.42 Å². The van der Waals surface area contributed by atoms with Gasteiger partial charge >= 0.3 is 0 Å². The van der Waals surface area contributed by atoms with Crippen LogP contribution < -0.4 is 5.32 Å². The molecule has 6 heteroatoms. The molecule has 3 rings (SSSR count).